The standard InChI is InChI=1S/C19H17FO4/c20-14-6-4-12(5-7-14)10-15-8-9-17(24-15)19(23)16-3-1-2-13(11-21)18(16)22/h4-9,11,13,22H,1-3,10H2. The van der Waals surface area contributed by atoms with Crippen molar-refractivity contribution in [2.45, 2.75) is 25.7 Å². The third-order valence-electron chi connectivity index (χ3n) is 4.22. The third-order valence-corrected chi connectivity index (χ3v) is 4.22. The molecule has 1 aliphatic carbocycles. The topological polar surface area (TPSA) is 67.5 Å². The Balaban J connectivity index is 1.78. The van der Waals surface area contributed by atoms with Crippen LogP contribution in [-0.2, 0) is 11.2 Å². The first-order valence-electron chi connectivity index (χ1n) is 7.83. The summed E-state index contributed by atoms with van der Waals surface area (Å²) in [4.78, 5) is 23.5. The van der Waals surface area contributed by atoms with E-state index in [9.17, 15) is 19.1 Å². The molecule has 1 aliphatic rings. The number of aliphatic hydroxyl groups is 1. The Morgan fingerprint density at radius 3 is 2.71 bits per heavy atom. The van der Waals surface area contributed by atoms with Crippen LogP contribution < -0.4 is 0 Å². The summed E-state index contributed by atoms with van der Waals surface area (Å²) in [5, 5.41) is 10.1. The number of benzene rings is 1. The predicted octanol–water partition coefficient (Wildman–Crippen LogP) is 4.00. The molecule has 0 saturated heterocycles. The van der Waals surface area contributed by atoms with Crippen LogP contribution in [0.15, 0.2) is 52.1 Å². The van der Waals surface area contributed by atoms with Gasteiger partial charge in [0.1, 0.15) is 23.6 Å². The largest absolute Gasteiger partial charge is 0.511 e. The summed E-state index contributed by atoms with van der Waals surface area (Å²) in [6.07, 6.45) is 2.78. The molecule has 1 heterocycles. The monoisotopic (exact) mass is 328 g/mol. The van der Waals surface area contributed by atoms with Crippen molar-refractivity contribution in [1.29, 1.82) is 0 Å². The summed E-state index contributed by atoms with van der Waals surface area (Å²) in [5.41, 5.74) is 1.12. The Hall–Kier alpha value is -2.69. The van der Waals surface area contributed by atoms with Gasteiger partial charge in [0.25, 0.3) is 0 Å². The number of ketones is 1. The van der Waals surface area contributed by atoms with Gasteiger partial charge in [-0.05, 0) is 49.1 Å². The highest BCUT2D eigenvalue weighted by Gasteiger charge is 2.28. The zero-order valence-corrected chi connectivity index (χ0v) is 13.0. The molecule has 2 aromatic rings. The minimum absolute atomic E-state index is 0.139. The molecule has 0 aliphatic heterocycles. The van der Waals surface area contributed by atoms with E-state index >= 15 is 0 Å². The normalized spacial score (nSPS) is 17.8. The second-order valence-corrected chi connectivity index (χ2v) is 5.90. The lowest BCUT2D eigenvalue weighted by Gasteiger charge is -2.19. The average molecular weight is 328 g/mol. The summed E-state index contributed by atoms with van der Waals surface area (Å²) in [6.45, 7) is 0. The van der Waals surface area contributed by atoms with Crippen molar-refractivity contribution in [2.24, 2.45) is 5.92 Å². The zero-order chi connectivity index (χ0) is 17.1. The van der Waals surface area contributed by atoms with Crippen molar-refractivity contribution in [3.05, 3.63) is 70.6 Å². The van der Waals surface area contributed by atoms with Gasteiger partial charge >= 0.3 is 0 Å². The highest BCUT2D eigenvalue weighted by molar-refractivity contribution is 6.07. The highest BCUT2D eigenvalue weighted by Crippen LogP contribution is 2.30. The molecule has 0 bridgehead atoms. The van der Waals surface area contributed by atoms with Crippen molar-refractivity contribution >= 4 is 12.1 Å². The van der Waals surface area contributed by atoms with E-state index in [1.54, 1.807) is 24.3 Å². The Morgan fingerprint density at radius 2 is 2.00 bits per heavy atom. The van der Waals surface area contributed by atoms with Gasteiger partial charge in [0, 0.05) is 12.0 Å². The fourth-order valence-electron chi connectivity index (χ4n) is 2.90. The number of furan rings is 1. The van der Waals surface area contributed by atoms with Crippen LogP contribution in [0.1, 0.15) is 41.1 Å². The van der Waals surface area contributed by atoms with Gasteiger partial charge in [-0.25, -0.2) is 4.39 Å². The van der Waals surface area contributed by atoms with Crippen LogP contribution in [0.2, 0.25) is 0 Å². The molecular formula is C19H17FO4. The van der Waals surface area contributed by atoms with Gasteiger partial charge in [0.2, 0.25) is 5.78 Å². The van der Waals surface area contributed by atoms with Gasteiger partial charge in [0.15, 0.2) is 5.76 Å². The van der Waals surface area contributed by atoms with Gasteiger partial charge in [0.05, 0.1) is 5.92 Å². The number of carbonyl (C=O) groups excluding carboxylic acids is 2. The predicted molar refractivity (Wildman–Crippen MR) is 85.3 cm³/mol. The lowest BCUT2D eigenvalue weighted by atomic mass is 9.87. The molecule has 124 valence electrons. The lowest BCUT2D eigenvalue weighted by molar-refractivity contribution is -0.111. The molecule has 4 nitrogen and oxygen atoms in total. The molecule has 0 spiro atoms. The molecule has 0 saturated carbocycles. The maximum Gasteiger partial charge on any atom is 0.227 e. The van der Waals surface area contributed by atoms with E-state index in [2.05, 4.69) is 0 Å². The van der Waals surface area contributed by atoms with Crippen LogP contribution in [0, 0.1) is 11.7 Å². The van der Waals surface area contributed by atoms with Crippen molar-refractivity contribution in [2.75, 3.05) is 0 Å². The first-order chi connectivity index (χ1) is 11.6. The SMILES string of the molecule is O=CC1CCCC(C(=O)c2ccc(Cc3ccc(F)cc3)o2)=C1O. The van der Waals surface area contributed by atoms with Gasteiger partial charge in [-0.3, -0.25) is 4.79 Å². The molecule has 0 radical (unpaired) electrons. The van der Waals surface area contributed by atoms with Gasteiger partial charge in [-0.15, -0.1) is 0 Å². The summed E-state index contributed by atoms with van der Waals surface area (Å²) in [7, 11) is 0. The minimum Gasteiger partial charge on any atom is -0.511 e. The quantitative estimate of drug-likeness (QED) is 0.665. The Labute approximate surface area is 138 Å². The first kappa shape index (κ1) is 16.2. The number of hydrogen-bond acceptors (Lipinski definition) is 4. The minimum atomic E-state index is -0.605. The molecular weight excluding hydrogens is 311 g/mol. The van der Waals surface area contributed by atoms with Gasteiger partial charge in [-0.1, -0.05) is 12.1 Å². The summed E-state index contributed by atoms with van der Waals surface area (Å²) in [5.74, 6) is -0.722. The smallest absolute Gasteiger partial charge is 0.227 e. The van der Waals surface area contributed by atoms with E-state index in [-0.39, 0.29) is 28.7 Å². The van der Waals surface area contributed by atoms with E-state index in [1.807, 2.05) is 0 Å². The molecule has 1 N–H and O–H groups in total. The highest BCUT2D eigenvalue weighted by atomic mass is 19.1. The molecule has 1 aromatic carbocycles. The van der Waals surface area contributed by atoms with Crippen molar-refractivity contribution in [3.8, 4) is 0 Å². The zero-order valence-electron chi connectivity index (χ0n) is 13.0. The van der Waals surface area contributed by atoms with Crippen LogP contribution >= 0.6 is 0 Å². The van der Waals surface area contributed by atoms with Gasteiger partial charge in [-0.2, -0.15) is 0 Å². The molecule has 3 rings (SSSR count). The van der Waals surface area contributed by atoms with Crippen LogP contribution in [-0.4, -0.2) is 17.2 Å². The number of Topliss-reactive ketones (excluding diaryl/α,β-unsaturated/α-hetero) is 1. The Bertz CT molecular complexity index is 786. The second kappa shape index (κ2) is 6.83. The van der Waals surface area contributed by atoms with Crippen LogP contribution in [0.25, 0.3) is 0 Å². The molecule has 0 amide bonds. The Kier molecular flexibility index (Phi) is 4.60. The number of rotatable bonds is 5. The van der Waals surface area contributed by atoms with E-state index in [0.717, 1.165) is 5.56 Å². The fraction of sp³-hybridized carbons (Fsp3) is 0.263. The fourth-order valence-corrected chi connectivity index (χ4v) is 2.90. The maximum atomic E-state index is 12.9. The number of allylic oxidation sites excluding steroid dienone is 2. The summed E-state index contributed by atoms with van der Waals surface area (Å²) in [6, 6.07) is 9.30. The van der Waals surface area contributed by atoms with Gasteiger partial charge < -0.3 is 14.3 Å². The van der Waals surface area contributed by atoms with Crippen LogP contribution in [0.3, 0.4) is 0 Å². The number of carbonyl (C=O) groups is 2. The second-order valence-electron chi connectivity index (χ2n) is 5.90. The van der Waals surface area contributed by atoms with Crippen molar-refractivity contribution in [1.82, 2.24) is 0 Å². The van der Waals surface area contributed by atoms with Crippen LogP contribution in [0.5, 0.6) is 0 Å². The number of aldehydes is 1. The van der Waals surface area contributed by atoms with Crippen molar-refractivity contribution < 1.29 is 23.5 Å². The number of halogens is 1. The van der Waals surface area contributed by atoms with E-state index in [1.165, 1.54) is 12.1 Å². The average Bonchev–Trinajstić information content (AvgIpc) is 3.05. The lowest BCUT2D eigenvalue weighted by Crippen LogP contribution is -2.18. The number of aliphatic hydroxyl groups excluding tert-OH is 1. The maximum absolute atomic E-state index is 12.9. The summed E-state index contributed by atoms with van der Waals surface area (Å²) >= 11 is 0. The molecule has 1 aromatic heterocycles. The summed E-state index contributed by atoms with van der Waals surface area (Å²) < 4.78 is 18.5. The Morgan fingerprint density at radius 1 is 1.25 bits per heavy atom. The first-order valence-corrected chi connectivity index (χ1v) is 7.83. The number of hydrogen-bond donors (Lipinski definition) is 1. The third kappa shape index (κ3) is 3.30. The molecule has 5 heteroatoms. The van der Waals surface area contributed by atoms with Crippen LogP contribution in [0.4, 0.5) is 4.39 Å². The van der Waals surface area contributed by atoms with E-state index in [4.69, 9.17) is 4.42 Å². The molecule has 24 heavy (non-hydrogen) atoms. The molecule has 0 fully saturated rings. The van der Waals surface area contributed by atoms with E-state index in [0.29, 0.717) is 37.7 Å². The molecule has 1 atom stereocenters. The van der Waals surface area contributed by atoms with E-state index < -0.39 is 5.92 Å². The molecule has 1 unspecified atom stereocenters. The van der Waals surface area contributed by atoms with Crippen molar-refractivity contribution in [3.63, 3.8) is 0 Å².